The van der Waals surface area contributed by atoms with Gasteiger partial charge in [0.25, 0.3) is 0 Å². The lowest BCUT2D eigenvalue weighted by Crippen LogP contribution is -2.64. The first-order chi connectivity index (χ1) is 11.2. The Hall–Kier alpha value is 0.0169. The minimum Gasteiger partial charge on any atom is -0.396 e. The van der Waals surface area contributed by atoms with E-state index in [2.05, 4.69) is 0 Å². The molecule has 2 heterocycles. The number of ether oxygens (including phenoxy) is 3. The molecule has 6 heteroatoms. The van der Waals surface area contributed by atoms with Crippen molar-refractivity contribution in [1.82, 2.24) is 0 Å². The summed E-state index contributed by atoms with van der Waals surface area (Å²) >= 11 is 0. The van der Waals surface area contributed by atoms with Crippen LogP contribution in [-0.4, -0.2) is 61.0 Å². The second kappa shape index (κ2) is 9.49. The maximum absolute atomic E-state index is 6.03. The molecule has 0 N–H and O–H groups in total. The number of rotatable bonds is 12. The molecule has 0 aliphatic carbocycles. The quantitative estimate of drug-likeness (QED) is 0.308. The summed E-state index contributed by atoms with van der Waals surface area (Å²) in [5.74, 6) is 0. The lowest BCUT2D eigenvalue weighted by atomic mass is 10.0. The second-order valence-electron chi connectivity index (χ2n) is 6.76. The van der Waals surface area contributed by atoms with Gasteiger partial charge >= 0.3 is 8.56 Å². The van der Waals surface area contributed by atoms with Crippen LogP contribution in [0.1, 0.15) is 51.4 Å². The minimum atomic E-state index is -2.26. The summed E-state index contributed by atoms with van der Waals surface area (Å²) in [4.78, 5) is 0. The van der Waals surface area contributed by atoms with E-state index in [1.165, 1.54) is 32.1 Å². The van der Waals surface area contributed by atoms with Crippen LogP contribution < -0.4 is 0 Å². The van der Waals surface area contributed by atoms with Crippen molar-refractivity contribution in [1.29, 1.82) is 0 Å². The highest BCUT2D eigenvalue weighted by molar-refractivity contribution is 6.70. The Bertz CT molecular complexity index is 333. The Morgan fingerprint density at radius 3 is 2.43 bits per heavy atom. The van der Waals surface area contributed by atoms with E-state index in [0.29, 0.717) is 6.10 Å². The molecule has 136 valence electrons. The molecule has 5 nitrogen and oxygen atoms in total. The molecule has 2 aliphatic rings. The van der Waals surface area contributed by atoms with Crippen molar-refractivity contribution >= 4 is 8.56 Å². The van der Waals surface area contributed by atoms with Crippen LogP contribution in [0.15, 0.2) is 0 Å². The Morgan fingerprint density at radius 2 is 1.78 bits per heavy atom. The summed E-state index contributed by atoms with van der Waals surface area (Å²) < 4.78 is 28.6. The number of methoxy groups -OCH3 is 1. The van der Waals surface area contributed by atoms with Crippen LogP contribution in [0.25, 0.3) is 0 Å². The number of hydrogen-bond donors (Lipinski definition) is 0. The third kappa shape index (κ3) is 5.00. The van der Waals surface area contributed by atoms with E-state index in [4.69, 9.17) is 23.1 Å². The van der Waals surface area contributed by atoms with Crippen molar-refractivity contribution in [2.45, 2.75) is 68.7 Å². The average Bonchev–Trinajstić information content (AvgIpc) is 3.41. The molecule has 0 aromatic carbocycles. The second-order valence-corrected chi connectivity index (χ2v) is 10.5. The fourth-order valence-corrected chi connectivity index (χ4v) is 7.78. The normalized spacial score (nSPS) is 29.6. The van der Waals surface area contributed by atoms with Gasteiger partial charge in [-0.2, -0.15) is 0 Å². The van der Waals surface area contributed by atoms with E-state index in [1.54, 1.807) is 14.2 Å². The summed E-state index contributed by atoms with van der Waals surface area (Å²) in [6, 6.07) is 1.05. The van der Waals surface area contributed by atoms with Crippen LogP contribution >= 0.6 is 0 Å². The SMILES string of the molecule is COC1(CCCCCCOCC2CO2)CCCC[Si]1(OC)OC. The Balaban J connectivity index is 1.67. The van der Waals surface area contributed by atoms with E-state index >= 15 is 0 Å². The molecule has 2 unspecified atom stereocenters. The molecule has 0 spiro atoms. The molecule has 2 saturated heterocycles. The molecule has 0 aromatic rings. The fraction of sp³-hybridized carbons (Fsp3) is 1.00. The molecule has 23 heavy (non-hydrogen) atoms. The van der Waals surface area contributed by atoms with Crippen molar-refractivity contribution in [2.24, 2.45) is 0 Å². The number of unbranched alkanes of at least 4 members (excludes halogenated alkanes) is 3. The standard InChI is InChI=1S/C17H34O5Si/c1-18-17(11-7-9-13-23(17,19-2)20-3)10-6-4-5-8-12-21-14-16-15-22-16/h16H,4-15H2,1-3H3. The summed E-state index contributed by atoms with van der Waals surface area (Å²) in [6.45, 7) is 2.50. The summed E-state index contributed by atoms with van der Waals surface area (Å²) in [6.07, 6.45) is 9.63. The monoisotopic (exact) mass is 346 g/mol. The first-order valence-corrected chi connectivity index (χ1v) is 11.1. The third-order valence-corrected chi connectivity index (χ3v) is 9.83. The van der Waals surface area contributed by atoms with E-state index < -0.39 is 8.56 Å². The zero-order valence-electron chi connectivity index (χ0n) is 15.1. The van der Waals surface area contributed by atoms with Crippen molar-refractivity contribution in [2.75, 3.05) is 41.2 Å². The van der Waals surface area contributed by atoms with Crippen molar-refractivity contribution in [3.63, 3.8) is 0 Å². The van der Waals surface area contributed by atoms with Crippen LogP contribution in [0.3, 0.4) is 0 Å². The Morgan fingerprint density at radius 1 is 1.04 bits per heavy atom. The van der Waals surface area contributed by atoms with Gasteiger partial charge in [-0.25, -0.2) is 0 Å². The van der Waals surface area contributed by atoms with E-state index in [9.17, 15) is 0 Å². The van der Waals surface area contributed by atoms with Crippen LogP contribution in [0.5, 0.6) is 0 Å². The lowest BCUT2D eigenvalue weighted by Gasteiger charge is -2.48. The first-order valence-electron chi connectivity index (χ1n) is 9.07. The smallest absolute Gasteiger partial charge is 0.370 e. The molecule has 2 aliphatic heterocycles. The zero-order chi connectivity index (χ0) is 16.6. The van der Waals surface area contributed by atoms with Gasteiger partial charge in [0, 0.05) is 27.9 Å². The highest BCUT2D eigenvalue weighted by Crippen LogP contribution is 2.43. The molecule has 0 amide bonds. The van der Waals surface area contributed by atoms with Gasteiger partial charge in [-0.15, -0.1) is 0 Å². The highest BCUT2D eigenvalue weighted by atomic mass is 28.4. The van der Waals surface area contributed by atoms with Crippen LogP contribution in [0.2, 0.25) is 6.04 Å². The molecule has 2 rings (SSSR count). The predicted molar refractivity (Wildman–Crippen MR) is 91.8 cm³/mol. The topological polar surface area (TPSA) is 49.5 Å². The van der Waals surface area contributed by atoms with E-state index in [1.807, 2.05) is 7.11 Å². The van der Waals surface area contributed by atoms with Gasteiger partial charge in [-0.3, -0.25) is 0 Å². The fourth-order valence-electron chi connectivity index (χ4n) is 3.87. The Labute approximate surface area is 142 Å². The third-order valence-electron chi connectivity index (χ3n) is 5.41. The van der Waals surface area contributed by atoms with Crippen molar-refractivity contribution < 1.29 is 23.1 Å². The minimum absolute atomic E-state index is 0.172. The van der Waals surface area contributed by atoms with Gasteiger partial charge in [-0.05, 0) is 25.3 Å². The summed E-state index contributed by atoms with van der Waals surface area (Å²) in [5, 5.41) is -0.172. The van der Waals surface area contributed by atoms with Gasteiger partial charge < -0.3 is 23.1 Å². The van der Waals surface area contributed by atoms with Gasteiger partial charge in [0.05, 0.1) is 13.2 Å². The van der Waals surface area contributed by atoms with E-state index in [-0.39, 0.29) is 5.22 Å². The highest BCUT2D eigenvalue weighted by Gasteiger charge is 2.58. The summed E-state index contributed by atoms with van der Waals surface area (Å²) in [5.41, 5.74) is 0. The number of epoxide rings is 1. The van der Waals surface area contributed by atoms with Crippen molar-refractivity contribution in [3.8, 4) is 0 Å². The van der Waals surface area contributed by atoms with Gasteiger partial charge in [-0.1, -0.05) is 32.1 Å². The van der Waals surface area contributed by atoms with Crippen molar-refractivity contribution in [3.05, 3.63) is 0 Å². The molecular formula is C17H34O5Si. The number of hydrogen-bond acceptors (Lipinski definition) is 5. The summed E-state index contributed by atoms with van der Waals surface area (Å²) in [7, 11) is 3.18. The maximum Gasteiger partial charge on any atom is 0.370 e. The lowest BCUT2D eigenvalue weighted by molar-refractivity contribution is -0.0161. The molecule has 0 bridgehead atoms. The molecule has 0 saturated carbocycles. The molecular weight excluding hydrogens is 312 g/mol. The Kier molecular flexibility index (Phi) is 7.98. The van der Waals surface area contributed by atoms with Gasteiger partial charge in [0.15, 0.2) is 0 Å². The molecule has 0 radical (unpaired) electrons. The van der Waals surface area contributed by atoms with E-state index in [0.717, 1.165) is 45.1 Å². The molecule has 0 aromatic heterocycles. The van der Waals surface area contributed by atoms with Crippen LogP contribution in [-0.2, 0) is 23.1 Å². The zero-order valence-corrected chi connectivity index (χ0v) is 16.1. The maximum atomic E-state index is 6.03. The van der Waals surface area contributed by atoms with Gasteiger partial charge in [0.1, 0.15) is 11.3 Å². The largest absolute Gasteiger partial charge is 0.396 e. The molecule has 2 atom stereocenters. The predicted octanol–water partition coefficient (Wildman–Crippen LogP) is 3.20. The average molecular weight is 347 g/mol. The molecule has 2 fully saturated rings. The van der Waals surface area contributed by atoms with Gasteiger partial charge in [0.2, 0.25) is 0 Å². The van der Waals surface area contributed by atoms with Crippen LogP contribution in [0, 0.1) is 0 Å². The first kappa shape index (κ1) is 19.3. The van der Waals surface area contributed by atoms with Crippen LogP contribution in [0.4, 0.5) is 0 Å².